The summed E-state index contributed by atoms with van der Waals surface area (Å²) >= 11 is 0. The summed E-state index contributed by atoms with van der Waals surface area (Å²) in [6, 6.07) is 0. The fraction of sp³-hybridized carbons (Fsp3) is 0.636. The molecule has 0 aliphatic rings. The van der Waals surface area contributed by atoms with Crippen molar-refractivity contribution in [3.63, 3.8) is 0 Å². The molecule has 0 aliphatic carbocycles. The van der Waals surface area contributed by atoms with E-state index in [1.807, 2.05) is 0 Å². The highest BCUT2D eigenvalue weighted by Gasteiger charge is 2.11. The van der Waals surface area contributed by atoms with Crippen LogP contribution in [0.25, 0.3) is 0 Å². The number of carboxylic acid groups (broad SMARTS) is 1. The first kappa shape index (κ1) is 14.1. The number of hydrogen-bond donors (Lipinski definition) is 2. The van der Waals surface area contributed by atoms with Crippen LogP contribution < -0.4 is 5.32 Å². The average Bonchev–Trinajstić information content (AvgIpc) is 2.74. The van der Waals surface area contributed by atoms with Crippen LogP contribution in [0.4, 0.5) is 0 Å². The minimum Gasteiger partial charge on any atom is -0.481 e. The van der Waals surface area contributed by atoms with E-state index in [4.69, 9.17) is 5.11 Å². The van der Waals surface area contributed by atoms with Crippen LogP contribution >= 0.6 is 0 Å². The van der Waals surface area contributed by atoms with Crippen molar-refractivity contribution in [2.45, 2.75) is 39.0 Å². The maximum absolute atomic E-state index is 11.5. The zero-order valence-electron chi connectivity index (χ0n) is 10.3. The van der Waals surface area contributed by atoms with Crippen molar-refractivity contribution in [3.05, 3.63) is 11.7 Å². The lowest BCUT2D eigenvalue weighted by atomic mass is 10.1. The topological polar surface area (TPSA) is 105 Å². The van der Waals surface area contributed by atoms with Gasteiger partial charge in [-0.15, -0.1) is 0 Å². The van der Waals surface area contributed by atoms with Crippen molar-refractivity contribution in [1.29, 1.82) is 0 Å². The van der Waals surface area contributed by atoms with Crippen molar-refractivity contribution >= 4 is 11.9 Å². The van der Waals surface area contributed by atoms with Crippen molar-refractivity contribution < 1.29 is 19.2 Å². The fourth-order valence-electron chi connectivity index (χ4n) is 1.43. The molecule has 0 saturated heterocycles. The maximum Gasteiger partial charge on any atom is 0.303 e. The van der Waals surface area contributed by atoms with Crippen molar-refractivity contribution in [3.8, 4) is 0 Å². The first-order valence-electron chi connectivity index (χ1n) is 5.90. The lowest BCUT2D eigenvalue weighted by molar-refractivity contribution is -0.137. The zero-order valence-corrected chi connectivity index (χ0v) is 10.3. The molecule has 7 nitrogen and oxygen atoms in total. The van der Waals surface area contributed by atoms with E-state index in [1.165, 1.54) is 0 Å². The molecular weight excluding hydrogens is 238 g/mol. The van der Waals surface area contributed by atoms with Gasteiger partial charge < -0.3 is 14.9 Å². The number of aliphatic carboxylic acids is 1. The zero-order chi connectivity index (χ0) is 13.4. The van der Waals surface area contributed by atoms with Crippen LogP contribution in [0.15, 0.2) is 4.52 Å². The molecule has 1 heterocycles. The molecule has 0 radical (unpaired) electrons. The van der Waals surface area contributed by atoms with E-state index in [1.54, 1.807) is 6.92 Å². The van der Waals surface area contributed by atoms with Gasteiger partial charge in [-0.25, -0.2) is 0 Å². The Morgan fingerprint density at radius 2 is 2.00 bits per heavy atom. The Morgan fingerprint density at radius 3 is 2.61 bits per heavy atom. The molecule has 1 amide bonds. The number of amides is 1. The highest BCUT2D eigenvalue weighted by molar-refractivity contribution is 5.90. The Labute approximate surface area is 105 Å². The highest BCUT2D eigenvalue weighted by Crippen LogP contribution is 2.02. The highest BCUT2D eigenvalue weighted by atomic mass is 16.5. The molecule has 0 aliphatic heterocycles. The number of carboxylic acids is 1. The number of nitrogens with zero attached hydrogens (tertiary/aromatic N) is 2. The van der Waals surface area contributed by atoms with E-state index in [0.717, 1.165) is 19.3 Å². The molecule has 1 aromatic rings. The van der Waals surface area contributed by atoms with Crippen molar-refractivity contribution in [2.75, 3.05) is 6.54 Å². The summed E-state index contributed by atoms with van der Waals surface area (Å²) in [5, 5.41) is 14.6. The van der Waals surface area contributed by atoms with Gasteiger partial charge in [0.15, 0.2) is 0 Å². The average molecular weight is 255 g/mol. The standard InChI is InChI=1S/C11H17N3O4/c1-8-13-10(14-18-8)11(17)12-7-5-3-2-4-6-9(15)16/h2-7H2,1H3,(H,12,17)(H,15,16). The first-order valence-corrected chi connectivity index (χ1v) is 5.90. The van der Waals surface area contributed by atoms with Crippen LogP contribution in [0.1, 0.15) is 48.6 Å². The number of aromatic nitrogens is 2. The van der Waals surface area contributed by atoms with E-state index in [2.05, 4.69) is 20.0 Å². The van der Waals surface area contributed by atoms with Gasteiger partial charge in [0.05, 0.1) is 0 Å². The summed E-state index contributed by atoms with van der Waals surface area (Å²) in [5.41, 5.74) is 0. The second-order valence-electron chi connectivity index (χ2n) is 3.95. The third kappa shape index (κ3) is 5.42. The summed E-state index contributed by atoms with van der Waals surface area (Å²) in [6.45, 7) is 2.14. The van der Waals surface area contributed by atoms with Crippen LogP contribution in [-0.2, 0) is 4.79 Å². The van der Waals surface area contributed by atoms with Crippen LogP contribution in [0.2, 0.25) is 0 Å². The predicted molar refractivity (Wildman–Crippen MR) is 62.1 cm³/mol. The Bertz CT molecular complexity index is 403. The SMILES string of the molecule is Cc1nc(C(=O)NCCCCCCC(=O)O)no1. The van der Waals surface area contributed by atoms with E-state index in [0.29, 0.717) is 18.9 Å². The molecule has 0 aromatic carbocycles. The van der Waals surface area contributed by atoms with Crippen LogP contribution in [0.5, 0.6) is 0 Å². The predicted octanol–water partition coefficient (Wildman–Crippen LogP) is 1.14. The molecule has 7 heteroatoms. The van der Waals surface area contributed by atoms with Crippen LogP contribution in [0.3, 0.4) is 0 Å². The normalized spacial score (nSPS) is 10.3. The summed E-state index contributed by atoms with van der Waals surface area (Å²) in [7, 11) is 0. The third-order valence-corrected chi connectivity index (χ3v) is 2.33. The van der Waals surface area contributed by atoms with Gasteiger partial charge in [-0.2, -0.15) is 4.98 Å². The second-order valence-corrected chi connectivity index (χ2v) is 3.95. The largest absolute Gasteiger partial charge is 0.481 e. The van der Waals surface area contributed by atoms with E-state index in [9.17, 15) is 9.59 Å². The third-order valence-electron chi connectivity index (χ3n) is 2.33. The number of rotatable bonds is 8. The van der Waals surface area contributed by atoms with Crippen molar-refractivity contribution in [1.82, 2.24) is 15.5 Å². The summed E-state index contributed by atoms with van der Waals surface area (Å²) in [5.74, 6) is -0.722. The number of unbranched alkanes of at least 4 members (excludes halogenated alkanes) is 3. The molecule has 0 spiro atoms. The number of carbonyl (C=O) groups excluding carboxylic acids is 1. The lowest BCUT2D eigenvalue weighted by Gasteiger charge is -2.01. The Morgan fingerprint density at radius 1 is 1.28 bits per heavy atom. The summed E-state index contributed by atoms with van der Waals surface area (Å²) in [6.07, 6.45) is 3.42. The summed E-state index contributed by atoms with van der Waals surface area (Å²) in [4.78, 5) is 25.5. The molecule has 0 bridgehead atoms. The van der Waals surface area contributed by atoms with E-state index < -0.39 is 5.97 Å². The lowest BCUT2D eigenvalue weighted by Crippen LogP contribution is -2.25. The Balaban J connectivity index is 2.04. The van der Waals surface area contributed by atoms with Crippen molar-refractivity contribution in [2.24, 2.45) is 0 Å². The number of aryl methyl sites for hydroxylation is 1. The summed E-state index contributed by atoms with van der Waals surface area (Å²) < 4.78 is 4.69. The van der Waals surface area contributed by atoms with Gasteiger partial charge in [-0.1, -0.05) is 18.0 Å². The van der Waals surface area contributed by atoms with Gasteiger partial charge in [0, 0.05) is 19.9 Å². The molecule has 2 N–H and O–H groups in total. The maximum atomic E-state index is 11.5. The molecule has 0 unspecified atom stereocenters. The minimum atomic E-state index is -0.768. The molecule has 100 valence electrons. The van der Waals surface area contributed by atoms with Gasteiger partial charge in [-0.3, -0.25) is 9.59 Å². The minimum absolute atomic E-state index is 0.0402. The first-order chi connectivity index (χ1) is 8.59. The van der Waals surface area contributed by atoms with Gasteiger partial charge in [0.2, 0.25) is 5.89 Å². The number of carbonyl (C=O) groups is 2. The quantitative estimate of drug-likeness (QED) is 0.675. The van der Waals surface area contributed by atoms with E-state index in [-0.39, 0.29) is 18.2 Å². The van der Waals surface area contributed by atoms with Crippen LogP contribution in [-0.4, -0.2) is 33.7 Å². The number of hydrogen-bond acceptors (Lipinski definition) is 5. The van der Waals surface area contributed by atoms with Crippen LogP contribution in [0, 0.1) is 6.92 Å². The van der Waals surface area contributed by atoms with Gasteiger partial charge >= 0.3 is 5.97 Å². The van der Waals surface area contributed by atoms with E-state index >= 15 is 0 Å². The van der Waals surface area contributed by atoms with Gasteiger partial charge in [-0.05, 0) is 12.8 Å². The Hall–Kier alpha value is -1.92. The fourth-order valence-corrected chi connectivity index (χ4v) is 1.43. The second kappa shape index (κ2) is 7.41. The molecular formula is C11H17N3O4. The molecule has 0 atom stereocenters. The molecule has 1 rings (SSSR count). The smallest absolute Gasteiger partial charge is 0.303 e. The molecule has 18 heavy (non-hydrogen) atoms. The molecule has 1 aromatic heterocycles. The van der Waals surface area contributed by atoms with Gasteiger partial charge in [0.25, 0.3) is 11.7 Å². The monoisotopic (exact) mass is 255 g/mol. The Kier molecular flexibility index (Phi) is 5.83. The molecule has 0 fully saturated rings. The number of nitrogens with one attached hydrogen (secondary N) is 1. The van der Waals surface area contributed by atoms with Gasteiger partial charge in [0.1, 0.15) is 0 Å². The molecule has 0 saturated carbocycles.